The first-order valence-electron chi connectivity index (χ1n) is 9.89. The Morgan fingerprint density at radius 2 is 1.84 bits per heavy atom. The molecule has 4 nitrogen and oxygen atoms in total. The van der Waals surface area contributed by atoms with Gasteiger partial charge in [0.15, 0.2) is 17.4 Å². The summed E-state index contributed by atoms with van der Waals surface area (Å²) in [5.41, 5.74) is 4.62. The molecule has 0 atom stereocenters. The molecule has 0 bridgehead atoms. The predicted molar refractivity (Wildman–Crippen MR) is 122 cm³/mol. The zero-order valence-electron chi connectivity index (χ0n) is 16.9. The van der Waals surface area contributed by atoms with Crippen LogP contribution in [-0.4, -0.2) is 28.8 Å². The van der Waals surface area contributed by atoms with E-state index in [0.717, 1.165) is 29.7 Å². The number of pyridine rings is 2. The molecule has 4 rings (SSSR count). The van der Waals surface area contributed by atoms with Crippen LogP contribution >= 0.6 is 23.2 Å². The molecule has 7 heteroatoms. The van der Waals surface area contributed by atoms with Gasteiger partial charge in [-0.25, -0.2) is 9.37 Å². The highest BCUT2D eigenvalue weighted by Crippen LogP contribution is 2.30. The first-order valence-corrected chi connectivity index (χ1v) is 10.6. The Kier molecular flexibility index (Phi) is 6.35. The number of carbonyl (C=O) groups excluding carboxylic acids is 1. The summed E-state index contributed by atoms with van der Waals surface area (Å²) in [4.78, 5) is 22.7. The van der Waals surface area contributed by atoms with E-state index in [9.17, 15) is 9.18 Å². The smallest absolute Gasteiger partial charge is 0.170 e. The Morgan fingerprint density at radius 1 is 1.13 bits per heavy atom. The lowest BCUT2D eigenvalue weighted by molar-refractivity contribution is 0.0993. The minimum atomic E-state index is -0.316. The van der Waals surface area contributed by atoms with Crippen molar-refractivity contribution in [1.82, 2.24) is 9.97 Å². The monoisotopic (exact) mass is 455 g/mol. The van der Waals surface area contributed by atoms with Gasteiger partial charge in [-0.3, -0.25) is 9.78 Å². The molecule has 0 aliphatic carbocycles. The largest absolute Gasteiger partial charge is 0.350 e. The van der Waals surface area contributed by atoms with Gasteiger partial charge in [0.1, 0.15) is 0 Å². The van der Waals surface area contributed by atoms with Gasteiger partial charge in [0.2, 0.25) is 0 Å². The van der Waals surface area contributed by atoms with E-state index >= 15 is 0 Å². The van der Waals surface area contributed by atoms with Gasteiger partial charge >= 0.3 is 0 Å². The number of aromatic nitrogens is 2. The van der Waals surface area contributed by atoms with E-state index in [1.165, 1.54) is 24.0 Å². The average Bonchev–Trinajstić information content (AvgIpc) is 2.75. The van der Waals surface area contributed by atoms with Crippen LogP contribution in [0.4, 0.5) is 10.2 Å². The van der Waals surface area contributed by atoms with Crippen LogP contribution in [0.5, 0.6) is 0 Å². The van der Waals surface area contributed by atoms with Gasteiger partial charge in [-0.1, -0.05) is 53.0 Å². The molecule has 0 unspecified atom stereocenters. The first kappa shape index (κ1) is 21.5. The maximum atomic E-state index is 14.2. The van der Waals surface area contributed by atoms with Crippen molar-refractivity contribution in [3.63, 3.8) is 0 Å². The van der Waals surface area contributed by atoms with Crippen molar-refractivity contribution in [2.45, 2.75) is 19.8 Å². The molecule has 0 spiro atoms. The SMILES string of the molecule is CC1=C(c2ccc(CC(=O)c3c(Cl)cncc3Cl)cc2)CN(c2ncccc2F)CC1. The first-order chi connectivity index (χ1) is 14.9. The quantitative estimate of drug-likeness (QED) is 0.440. The minimum Gasteiger partial charge on any atom is -0.350 e. The van der Waals surface area contributed by atoms with Crippen LogP contribution in [0, 0.1) is 5.82 Å². The van der Waals surface area contributed by atoms with E-state index in [1.54, 1.807) is 12.3 Å². The second kappa shape index (κ2) is 9.16. The van der Waals surface area contributed by atoms with Crippen LogP contribution in [0.3, 0.4) is 0 Å². The van der Waals surface area contributed by atoms with E-state index in [0.29, 0.717) is 17.9 Å². The second-order valence-corrected chi connectivity index (χ2v) is 8.33. The van der Waals surface area contributed by atoms with Crippen molar-refractivity contribution in [2.24, 2.45) is 0 Å². The third-order valence-corrected chi connectivity index (χ3v) is 6.03. The number of nitrogens with zero attached hydrogens (tertiary/aromatic N) is 3. The standard InChI is InChI=1S/C24H20Cl2FN3O/c1-15-8-10-30(24-21(27)3-2-9-29-24)14-18(15)17-6-4-16(5-7-17)11-22(31)23-19(25)12-28-13-20(23)26/h2-7,9,12-13H,8,10-11,14H2,1H3. The van der Waals surface area contributed by atoms with Crippen molar-refractivity contribution in [2.75, 3.05) is 18.0 Å². The molecule has 0 N–H and O–H groups in total. The van der Waals surface area contributed by atoms with Gasteiger partial charge in [-0.2, -0.15) is 0 Å². The van der Waals surface area contributed by atoms with Crippen LogP contribution in [0.2, 0.25) is 10.0 Å². The number of rotatable bonds is 5. The fourth-order valence-corrected chi connectivity index (χ4v) is 4.34. The van der Waals surface area contributed by atoms with Crippen LogP contribution in [-0.2, 0) is 6.42 Å². The molecule has 3 heterocycles. The molecule has 1 aliphatic heterocycles. The average molecular weight is 456 g/mol. The normalized spacial score (nSPS) is 14.1. The summed E-state index contributed by atoms with van der Waals surface area (Å²) in [7, 11) is 0. The summed E-state index contributed by atoms with van der Waals surface area (Å²) in [5.74, 6) is -0.0977. The zero-order chi connectivity index (χ0) is 22.0. The Bertz CT molecular complexity index is 1140. The molecule has 0 radical (unpaired) electrons. The van der Waals surface area contributed by atoms with Crippen LogP contribution in [0.1, 0.15) is 34.8 Å². The van der Waals surface area contributed by atoms with Gasteiger partial charge in [-0.15, -0.1) is 0 Å². The van der Waals surface area contributed by atoms with Crippen LogP contribution in [0.25, 0.3) is 5.57 Å². The number of benzene rings is 1. The molecule has 0 saturated carbocycles. The molecule has 1 aliphatic rings. The lowest BCUT2D eigenvalue weighted by atomic mass is 9.93. The fraction of sp³-hybridized carbons (Fsp3) is 0.208. The summed E-state index contributed by atoms with van der Waals surface area (Å²) in [6, 6.07) is 10.9. The Hall–Kier alpha value is -2.76. The summed E-state index contributed by atoms with van der Waals surface area (Å²) in [6.45, 7) is 3.41. The van der Waals surface area contributed by atoms with Crippen molar-refractivity contribution in [1.29, 1.82) is 0 Å². The molecule has 3 aromatic rings. The molecule has 1 aromatic carbocycles. The predicted octanol–water partition coefficient (Wildman–Crippen LogP) is 6.03. The maximum Gasteiger partial charge on any atom is 0.170 e. The van der Waals surface area contributed by atoms with E-state index in [2.05, 4.69) is 16.9 Å². The lowest BCUT2D eigenvalue weighted by Gasteiger charge is -2.31. The van der Waals surface area contributed by atoms with E-state index < -0.39 is 0 Å². The molecule has 2 aromatic heterocycles. The Labute approximate surface area is 190 Å². The van der Waals surface area contributed by atoms with Gasteiger partial charge in [0, 0.05) is 38.1 Å². The number of halogens is 3. The number of ketones is 1. The number of Topliss-reactive ketones (excluding diaryl/α,β-unsaturated/α-hetero) is 1. The molecule has 0 fully saturated rings. The summed E-state index contributed by atoms with van der Waals surface area (Å²) in [5, 5.41) is 0.498. The number of hydrogen-bond acceptors (Lipinski definition) is 4. The highest BCUT2D eigenvalue weighted by Gasteiger charge is 2.21. The van der Waals surface area contributed by atoms with Gasteiger partial charge in [0.25, 0.3) is 0 Å². The summed E-state index contributed by atoms with van der Waals surface area (Å²) in [6.07, 6.45) is 5.46. The number of carbonyl (C=O) groups is 1. The van der Waals surface area contributed by atoms with Gasteiger partial charge < -0.3 is 4.90 Å². The molecular weight excluding hydrogens is 436 g/mol. The second-order valence-electron chi connectivity index (χ2n) is 7.51. The Balaban J connectivity index is 1.52. The number of anilines is 1. The Morgan fingerprint density at radius 3 is 2.52 bits per heavy atom. The third kappa shape index (κ3) is 4.63. The van der Waals surface area contributed by atoms with E-state index in [4.69, 9.17) is 23.2 Å². The highest BCUT2D eigenvalue weighted by atomic mass is 35.5. The summed E-state index contributed by atoms with van der Waals surface area (Å²) < 4.78 is 14.2. The fourth-order valence-electron chi connectivity index (χ4n) is 3.76. The van der Waals surface area contributed by atoms with Crippen molar-refractivity contribution < 1.29 is 9.18 Å². The molecular formula is C24H20Cl2FN3O. The highest BCUT2D eigenvalue weighted by molar-refractivity contribution is 6.39. The van der Waals surface area contributed by atoms with Gasteiger partial charge in [0.05, 0.1) is 15.6 Å². The van der Waals surface area contributed by atoms with Crippen molar-refractivity contribution in [3.8, 4) is 0 Å². The van der Waals surface area contributed by atoms with Crippen LogP contribution in [0.15, 0.2) is 60.6 Å². The van der Waals surface area contributed by atoms with Crippen molar-refractivity contribution >= 4 is 40.4 Å². The lowest BCUT2D eigenvalue weighted by Crippen LogP contribution is -2.32. The van der Waals surface area contributed by atoms with Crippen LogP contribution < -0.4 is 4.90 Å². The maximum absolute atomic E-state index is 14.2. The van der Waals surface area contributed by atoms with Gasteiger partial charge in [-0.05, 0) is 42.2 Å². The topological polar surface area (TPSA) is 46.1 Å². The minimum absolute atomic E-state index is 0.157. The molecule has 31 heavy (non-hydrogen) atoms. The molecule has 158 valence electrons. The molecule has 0 saturated heterocycles. The zero-order valence-corrected chi connectivity index (χ0v) is 18.4. The van der Waals surface area contributed by atoms with E-state index in [-0.39, 0.29) is 28.1 Å². The third-order valence-electron chi connectivity index (χ3n) is 5.46. The summed E-state index contributed by atoms with van der Waals surface area (Å²) >= 11 is 12.2. The van der Waals surface area contributed by atoms with E-state index in [1.807, 2.05) is 29.2 Å². The van der Waals surface area contributed by atoms with Crippen molar-refractivity contribution in [3.05, 3.63) is 93.1 Å². The molecule has 0 amide bonds. The number of hydrogen-bond donors (Lipinski definition) is 0.